The number of fused-ring (bicyclic) bond motifs is 1. The van der Waals surface area contributed by atoms with Crippen LogP contribution in [0.1, 0.15) is 23.7 Å². The molecule has 0 spiro atoms. The van der Waals surface area contributed by atoms with Crippen molar-refractivity contribution in [2.45, 2.75) is 12.6 Å². The van der Waals surface area contributed by atoms with Crippen molar-refractivity contribution in [3.05, 3.63) is 73.8 Å². The molecule has 0 saturated heterocycles. The highest BCUT2D eigenvalue weighted by atomic mass is 127. The number of carbonyl (C=O) groups excluding carboxylic acids is 1. The summed E-state index contributed by atoms with van der Waals surface area (Å²) in [6, 6.07) is 13.4. The van der Waals surface area contributed by atoms with Crippen LogP contribution in [0.4, 0.5) is 0 Å². The molecule has 1 amide bonds. The Bertz CT molecular complexity index is 1110. The zero-order chi connectivity index (χ0) is 21.0. The molecule has 0 fully saturated rings. The Kier molecular flexibility index (Phi) is 7.57. The topological polar surface area (TPSA) is 55.4 Å². The van der Waals surface area contributed by atoms with Crippen molar-refractivity contribution in [1.29, 1.82) is 0 Å². The first kappa shape index (κ1) is 22.5. The number of amides is 1. The Balaban J connectivity index is 1.94. The smallest absolute Gasteiger partial charge is 0.241 e. The van der Waals surface area contributed by atoms with Crippen LogP contribution in [0.2, 0.25) is 5.02 Å². The van der Waals surface area contributed by atoms with Crippen molar-refractivity contribution in [1.82, 2.24) is 5.32 Å². The minimum atomic E-state index is -3.27. The third-order valence-electron chi connectivity index (χ3n) is 4.31. The molecular formula is C21H20ClINO3PS. The molecule has 1 N–H and O–H groups in total. The molecule has 0 radical (unpaired) electrons. The van der Waals surface area contributed by atoms with E-state index in [1.807, 2.05) is 35.7 Å². The van der Waals surface area contributed by atoms with Gasteiger partial charge in [-0.3, -0.25) is 9.36 Å². The van der Waals surface area contributed by atoms with Gasteiger partial charge in [0.2, 0.25) is 13.3 Å². The molecule has 3 rings (SSSR count). The molecular weight excluding hydrogens is 540 g/mol. The van der Waals surface area contributed by atoms with Crippen molar-refractivity contribution in [2.24, 2.45) is 0 Å². The van der Waals surface area contributed by atoms with Crippen LogP contribution >= 0.6 is 52.9 Å². The lowest BCUT2D eigenvalue weighted by atomic mass is 10.1. The molecule has 8 heteroatoms. The molecule has 2 atom stereocenters. The molecule has 0 aliphatic carbocycles. The molecule has 2 aromatic carbocycles. The van der Waals surface area contributed by atoms with Crippen LogP contribution in [-0.2, 0) is 13.9 Å². The van der Waals surface area contributed by atoms with Gasteiger partial charge in [0.15, 0.2) is 0 Å². The first-order chi connectivity index (χ1) is 13.8. The average molecular weight is 560 g/mol. The zero-order valence-electron chi connectivity index (χ0n) is 15.9. The summed E-state index contributed by atoms with van der Waals surface area (Å²) >= 11 is 9.89. The van der Waals surface area contributed by atoms with Crippen LogP contribution in [0.25, 0.3) is 16.2 Å². The fourth-order valence-electron chi connectivity index (χ4n) is 3.08. The van der Waals surface area contributed by atoms with E-state index in [1.165, 1.54) is 18.0 Å². The number of rotatable bonds is 7. The number of thiophene rings is 1. The van der Waals surface area contributed by atoms with E-state index in [0.29, 0.717) is 10.6 Å². The Morgan fingerprint density at radius 2 is 2.14 bits per heavy atom. The number of halogens is 2. The summed E-state index contributed by atoms with van der Waals surface area (Å²) in [6.07, 6.45) is 3.38. The summed E-state index contributed by atoms with van der Waals surface area (Å²) in [6.45, 7) is 3.54. The predicted molar refractivity (Wildman–Crippen MR) is 131 cm³/mol. The highest BCUT2D eigenvalue weighted by Crippen LogP contribution is 2.58. The van der Waals surface area contributed by atoms with Crippen LogP contribution < -0.4 is 5.32 Å². The lowest BCUT2D eigenvalue weighted by Crippen LogP contribution is -2.25. The lowest BCUT2D eigenvalue weighted by Gasteiger charge is -2.22. The average Bonchev–Trinajstić information content (AvgIpc) is 3.04. The summed E-state index contributed by atoms with van der Waals surface area (Å²) in [7, 11) is -3.27. The van der Waals surface area contributed by atoms with Gasteiger partial charge in [-0.15, -0.1) is 11.3 Å². The number of hydrogen-bond acceptors (Lipinski definition) is 4. The van der Waals surface area contributed by atoms with Gasteiger partial charge in [0.25, 0.3) is 0 Å². The molecule has 29 heavy (non-hydrogen) atoms. The fraction of sp³-hybridized carbons (Fsp3) is 0.190. The molecule has 1 heterocycles. The van der Waals surface area contributed by atoms with Crippen molar-refractivity contribution in [3.8, 4) is 0 Å². The van der Waals surface area contributed by atoms with Gasteiger partial charge in [-0.1, -0.05) is 23.7 Å². The maximum atomic E-state index is 13.3. The van der Waals surface area contributed by atoms with Crippen LogP contribution in [0.5, 0.6) is 0 Å². The zero-order valence-corrected chi connectivity index (χ0v) is 20.5. The maximum Gasteiger partial charge on any atom is 0.241 e. The van der Waals surface area contributed by atoms with E-state index in [0.717, 1.165) is 19.2 Å². The lowest BCUT2D eigenvalue weighted by molar-refractivity contribution is -0.120. The largest absolute Gasteiger partial charge is 0.332 e. The van der Waals surface area contributed by atoms with E-state index in [2.05, 4.69) is 27.9 Å². The van der Waals surface area contributed by atoms with Gasteiger partial charge in [-0.2, -0.15) is 0 Å². The summed E-state index contributed by atoms with van der Waals surface area (Å²) in [5.74, 6) is -0.370. The van der Waals surface area contributed by atoms with Gasteiger partial charge in [-0.25, -0.2) is 0 Å². The molecule has 1 aromatic heterocycles. The normalized spacial score (nSPS) is 14.8. The third kappa shape index (κ3) is 5.50. The molecule has 4 nitrogen and oxygen atoms in total. The minimum absolute atomic E-state index is 0.263. The highest BCUT2D eigenvalue weighted by Gasteiger charge is 2.38. The van der Waals surface area contributed by atoms with E-state index in [4.69, 9.17) is 16.1 Å². The van der Waals surface area contributed by atoms with Gasteiger partial charge < -0.3 is 9.84 Å². The highest BCUT2D eigenvalue weighted by molar-refractivity contribution is 14.1. The molecule has 0 aliphatic rings. The van der Waals surface area contributed by atoms with Crippen molar-refractivity contribution in [3.63, 3.8) is 0 Å². The minimum Gasteiger partial charge on any atom is -0.332 e. The van der Waals surface area contributed by atoms with Crippen molar-refractivity contribution >= 4 is 75.0 Å². The Morgan fingerprint density at radius 3 is 2.86 bits per heavy atom. The summed E-state index contributed by atoms with van der Waals surface area (Å²) in [4.78, 5) is 13.1. The summed E-state index contributed by atoms with van der Waals surface area (Å²) in [5, 5.41) is 6.04. The number of carbonyl (C=O) groups is 1. The van der Waals surface area contributed by atoms with E-state index < -0.39 is 13.0 Å². The van der Waals surface area contributed by atoms with Gasteiger partial charge >= 0.3 is 0 Å². The van der Waals surface area contributed by atoms with E-state index in [1.54, 1.807) is 31.3 Å². The molecule has 3 aromatic rings. The van der Waals surface area contributed by atoms with E-state index in [9.17, 15) is 9.36 Å². The first-order valence-electron chi connectivity index (χ1n) is 8.92. The van der Waals surface area contributed by atoms with Crippen molar-refractivity contribution in [2.75, 3.05) is 13.3 Å². The number of benzene rings is 2. The van der Waals surface area contributed by atoms with Crippen LogP contribution in [0, 0.1) is 3.57 Å². The molecule has 0 bridgehead atoms. The summed E-state index contributed by atoms with van der Waals surface area (Å²) < 4.78 is 20.9. The second-order valence-electron chi connectivity index (χ2n) is 6.46. The SMILES string of the molecule is CCOP(C)(=O)C(C(=O)NC=Cc1cccc(I)c1)c1csc2ccc(Cl)cc12. The quantitative estimate of drug-likeness (QED) is 0.252. The molecule has 0 saturated carbocycles. The number of nitrogens with one attached hydrogen (secondary N) is 1. The number of hydrogen-bond donors (Lipinski definition) is 1. The molecule has 2 unspecified atom stereocenters. The monoisotopic (exact) mass is 559 g/mol. The van der Waals surface area contributed by atoms with Crippen LogP contribution in [0.3, 0.4) is 0 Å². The Hall–Kier alpha value is -1.18. The van der Waals surface area contributed by atoms with Gasteiger partial charge in [0.05, 0.1) is 6.61 Å². The van der Waals surface area contributed by atoms with Crippen LogP contribution in [0.15, 0.2) is 54.0 Å². The second-order valence-corrected chi connectivity index (χ2v) is 11.6. The van der Waals surface area contributed by atoms with Gasteiger partial charge in [0, 0.05) is 26.2 Å². The molecule has 0 aliphatic heterocycles. The Morgan fingerprint density at radius 1 is 1.34 bits per heavy atom. The standard InChI is InChI=1S/C21H20ClINO3PS/c1-3-27-28(2,26)20(18-13-29-19-8-7-15(22)12-17(18)19)21(25)24-10-9-14-5-4-6-16(23)11-14/h4-13,20H,3H2,1-2H3,(H,24,25). The van der Waals surface area contributed by atoms with Crippen LogP contribution in [-0.4, -0.2) is 19.2 Å². The van der Waals surface area contributed by atoms with Gasteiger partial charge in [-0.05, 0) is 87.8 Å². The maximum absolute atomic E-state index is 13.3. The Labute approximate surface area is 192 Å². The van der Waals surface area contributed by atoms with Crippen molar-refractivity contribution < 1.29 is 13.9 Å². The first-order valence-corrected chi connectivity index (χ1v) is 13.4. The van der Waals surface area contributed by atoms with Gasteiger partial charge in [0.1, 0.15) is 5.66 Å². The fourth-order valence-corrected chi connectivity index (χ4v) is 6.77. The summed E-state index contributed by atoms with van der Waals surface area (Å²) in [5.41, 5.74) is 0.716. The van der Waals surface area contributed by atoms with E-state index in [-0.39, 0.29) is 12.5 Å². The second kappa shape index (κ2) is 9.75. The predicted octanol–water partition coefficient (Wildman–Crippen LogP) is 6.93. The van der Waals surface area contributed by atoms with E-state index >= 15 is 0 Å². The third-order valence-corrected chi connectivity index (χ3v) is 8.42. The molecule has 152 valence electrons.